The molecule has 0 amide bonds. The van der Waals surface area contributed by atoms with E-state index < -0.39 is 0 Å². The normalized spacial score (nSPS) is 12.3. The maximum Gasteiger partial charge on any atom is -0.0414 e. The maximum absolute atomic E-state index is 4.20. The minimum absolute atomic E-state index is 0.966. The Kier molecular flexibility index (Phi) is 48.0. The molecule has 0 bridgehead atoms. The van der Waals surface area contributed by atoms with Crippen LogP contribution in [0.25, 0.3) is 0 Å². The van der Waals surface area contributed by atoms with E-state index in [-0.39, 0.29) is 0 Å². The van der Waals surface area contributed by atoms with Crippen molar-refractivity contribution in [3.05, 3.63) is 6.92 Å². The second-order valence-electron chi connectivity index (χ2n) is 17.6. The van der Waals surface area contributed by atoms with Crippen LogP contribution in [0, 0.1) is 12.8 Å². The van der Waals surface area contributed by atoms with Crippen LogP contribution < -0.4 is 0 Å². The first-order valence-corrected chi connectivity index (χ1v) is 25.1. The average Bonchev–Trinajstić information content (AvgIpc) is 3.14. The molecule has 0 saturated heterocycles. The summed E-state index contributed by atoms with van der Waals surface area (Å²) in [6, 6.07) is 0. The molecule has 0 heteroatoms. The lowest BCUT2D eigenvalue weighted by Gasteiger charge is -2.16. The number of rotatable bonds is 47. The smallest absolute Gasteiger partial charge is 0.0414 e. The molecular weight excluding hydrogens is 613 g/mol. The van der Waals surface area contributed by atoms with Gasteiger partial charge in [-0.2, -0.15) is 0 Å². The molecule has 0 N–H and O–H groups in total. The zero-order valence-corrected chi connectivity index (χ0v) is 36.5. The van der Waals surface area contributed by atoms with Crippen molar-refractivity contribution >= 4 is 0 Å². The summed E-state index contributed by atoms with van der Waals surface area (Å²) in [6.45, 7) is 8.83. The molecule has 0 aliphatic carbocycles. The van der Waals surface area contributed by atoms with E-state index in [1.807, 2.05) is 0 Å². The monoisotopic (exact) mass is 716 g/mol. The molecule has 307 valence electrons. The fourth-order valence-electron chi connectivity index (χ4n) is 8.63. The van der Waals surface area contributed by atoms with Crippen LogP contribution in [0.4, 0.5) is 0 Å². The highest BCUT2D eigenvalue weighted by atomic mass is 14.1. The summed E-state index contributed by atoms with van der Waals surface area (Å²) in [6.07, 6.45) is 69.0. The molecule has 0 aromatic carbocycles. The molecule has 0 nitrogen and oxygen atoms in total. The van der Waals surface area contributed by atoms with Gasteiger partial charge < -0.3 is 0 Å². The minimum atomic E-state index is 0.966. The van der Waals surface area contributed by atoms with E-state index >= 15 is 0 Å². The van der Waals surface area contributed by atoms with Gasteiger partial charge in [0.2, 0.25) is 0 Å². The van der Waals surface area contributed by atoms with Crippen LogP contribution in [0.1, 0.15) is 316 Å². The highest BCUT2D eigenvalue weighted by molar-refractivity contribution is 4.62. The molecule has 0 saturated carbocycles. The Morgan fingerprint density at radius 1 is 0.216 bits per heavy atom. The molecule has 0 aliphatic heterocycles. The summed E-state index contributed by atoms with van der Waals surface area (Å²) >= 11 is 0. The zero-order chi connectivity index (χ0) is 36.8. The molecule has 0 aromatic rings. The molecule has 0 rings (SSSR count). The molecule has 0 spiro atoms. The molecule has 1 radical (unpaired) electrons. The Balaban J connectivity index is 3.31. The average molecular weight is 716 g/mol. The molecule has 1 unspecified atom stereocenters. The van der Waals surface area contributed by atoms with Gasteiger partial charge in [0.15, 0.2) is 0 Å². The standard InChI is InChI=1S/C51H103/c1-4-7-9-11-13-15-17-19-21-23-25-27-29-31-33-35-37-39-41-43-45-47-50-51(48-6-3)49-46-44-42-40-38-36-34-32-30-28-26-24-22-20-18-16-14-12-10-8-5-2/h51H,3-50H2,1-2H3. The van der Waals surface area contributed by atoms with Crippen LogP contribution in [0.15, 0.2) is 0 Å². The Labute approximate surface area is 327 Å². The van der Waals surface area contributed by atoms with Gasteiger partial charge in [-0.25, -0.2) is 0 Å². The molecule has 1 atom stereocenters. The van der Waals surface area contributed by atoms with Gasteiger partial charge in [-0.1, -0.05) is 323 Å². The summed E-state index contributed by atoms with van der Waals surface area (Å²) in [5.41, 5.74) is 0. The summed E-state index contributed by atoms with van der Waals surface area (Å²) < 4.78 is 0. The van der Waals surface area contributed by atoms with Crippen molar-refractivity contribution in [1.29, 1.82) is 0 Å². The molecule has 0 aromatic heterocycles. The van der Waals surface area contributed by atoms with Gasteiger partial charge in [-0.3, -0.25) is 0 Å². The summed E-state index contributed by atoms with van der Waals surface area (Å²) in [4.78, 5) is 0. The van der Waals surface area contributed by atoms with Crippen molar-refractivity contribution in [3.8, 4) is 0 Å². The fraction of sp³-hybridized carbons (Fsp3) is 0.980. The Hall–Kier alpha value is 0. The molecule has 0 fully saturated rings. The van der Waals surface area contributed by atoms with Crippen molar-refractivity contribution in [1.82, 2.24) is 0 Å². The molecule has 0 heterocycles. The van der Waals surface area contributed by atoms with Crippen LogP contribution >= 0.6 is 0 Å². The van der Waals surface area contributed by atoms with Crippen LogP contribution in [-0.4, -0.2) is 0 Å². The van der Waals surface area contributed by atoms with Crippen molar-refractivity contribution in [2.24, 2.45) is 5.92 Å². The van der Waals surface area contributed by atoms with Gasteiger partial charge in [-0.15, -0.1) is 0 Å². The van der Waals surface area contributed by atoms with Crippen molar-refractivity contribution in [3.63, 3.8) is 0 Å². The third kappa shape index (κ3) is 46.1. The third-order valence-electron chi connectivity index (χ3n) is 12.3. The van der Waals surface area contributed by atoms with Gasteiger partial charge in [0, 0.05) is 0 Å². The largest absolute Gasteiger partial charge is 0.0654 e. The maximum atomic E-state index is 4.20. The topological polar surface area (TPSA) is 0 Å². The van der Waals surface area contributed by atoms with Crippen LogP contribution in [-0.2, 0) is 0 Å². The number of hydrogen-bond acceptors (Lipinski definition) is 0. The highest BCUT2D eigenvalue weighted by Gasteiger charge is 2.07. The third-order valence-corrected chi connectivity index (χ3v) is 12.3. The first-order chi connectivity index (χ1) is 25.3. The number of hydrogen-bond donors (Lipinski definition) is 0. The lowest BCUT2D eigenvalue weighted by molar-refractivity contribution is 0.381. The highest BCUT2D eigenvalue weighted by Crippen LogP contribution is 2.24. The van der Waals surface area contributed by atoms with Gasteiger partial charge in [0.05, 0.1) is 0 Å². The minimum Gasteiger partial charge on any atom is -0.0654 e. The van der Waals surface area contributed by atoms with E-state index in [0.29, 0.717) is 0 Å². The summed E-state index contributed by atoms with van der Waals surface area (Å²) in [5, 5.41) is 0. The van der Waals surface area contributed by atoms with Crippen molar-refractivity contribution in [2.45, 2.75) is 316 Å². The zero-order valence-electron chi connectivity index (χ0n) is 36.5. The quantitative estimate of drug-likeness (QED) is 0.0550. The van der Waals surface area contributed by atoms with Gasteiger partial charge in [0.1, 0.15) is 0 Å². The molecule has 51 heavy (non-hydrogen) atoms. The first-order valence-electron chi connectivity index (χ1n) is 25.1. The van der Waals surface area contributed by atoms with Gasteiger partial charge in [0.25, 0.3) is 0 Å². The lowest BCUT2D eigenvalue weighted by atomic mass is 9.90. The fourth-order valence-corrected chi connectivity index (χ4v) is 8.63. The van der Waals surface area contributed by atoms with E-state index in [0.717, 1.165) is 12.3 Å². The van der Waals surface area contributed by atoms with E-state index in [2.05, 4.69) is 20.8 Å². The van der Waals surface area contributed by atoms with Crippen LogP contribution in [0.5, 0.6) is 0 Å². The summed E-state index contributed by atoms with van der Waals surface area (Å²) in [5.74, 6) is 0.966. The summed E-state index contributed by atoms with van der Waals surface area (Å²) in [7, 11) is 0. The second kappa shape index (κ2) is 48.0. The Morgan fingerprint density at radius 3 is 0.529 bits per heavy atom. The number of unbranched alkanes of at least 4 members (excludes halogenated alkanes) is 41. The van der Waals surface area contributed by atoms with E-state index in [1.54, 1.807) is 0 Å². The second-order valence-corrected chi connectivity index (χ2v) is 17.6. The Bertz CT molecular complexity index is 564. The van der Waals surface area contributed by atoms with E-state index in [1.165, 1.54) is 295 Å². The lowest BCUT2D eigenvalue weighted by Crippen LogP contribution is -2.00. The Morgan fingerprint density at radius 2 is 0.373 bits per heavy atom. The van der Waals surface area contributed by atoms with Crippen LogP contribution in [0.3, 0.4) is 0 Å². The predicted molar refractivity (Wildman–Crippen MR) is 237 cm³/mol. The van der Waals surface area contributed by atoms with Crippen LogP contribution in [0.2, 0.25) is 0 Å². The van der Waals surface area contributed by atoms with Gasteiger partial charge >= 0.3 is 0 Å². The van der Waals surface area contributed by atoms with E-state index in [4.69, 9.17) is 0 Å². The molecule has 0 aliphatic rings. The van der Waals surface area contributed by atoms with Crippen molar-refractivity contribution in [2.75, 3.05) is 0 Å². The van der Waals surface area contributed by atoms with Crippen molar-refractivity contribution < 1.29 is 0 Å². The molecular formula is C51H103. The first kappa shape index (κ1) is 51.0. The van der Waals surface area contributed by atoms with E-state index in [9.17, 15) is 0 Å². The van der Waals surface area contributed by atoms with Gasteiger partial charge in [-0.05, 0) is 5.92 Å². The SMILES string of the molecule is [CH2]CCC(CCCCCCCCCCCCCCCCCCCCCCC)CCCCCCCCCCCCCCCCCCCCCCCC. The predicted octanol–water partition coefficient (Wildman–Crippen LogP) is 19.8.